The van der Waals surface area contributed by atoms with Crippen LogP contribution >= 0.6 is 0 Å². The van der Waals surface area contributed by atoms with Crippen molar-refractivity contribution in [3.05, 3.63) is 71.9 Å². The second-order valence-corrected chi connectivity index (χ2v) is 6.72. The average molecular weight is 335 g/mol. The van der Waals surface area contributed by atoms with E-state index >= 15 is 0 Å². The van der Waals surface area contributed by atoms with Crippen LogP contribution in [-0.2, 0) is 22.3 Å². The zero-order valence-corrected chi connectivity index (χ0v) is 12.8. The van der Waals surface area contributed by atoms with Gasteiger partial charge in [0.05, 0.1) is 18.6 Å². The van der Waals surface area contributed by atoms with Crippen LogP contribution in [0.1, 0.15) is 11.3 Å². The van der Waals surface area contributed by atoms with Crippen molar-refractivity contribution in [3.8, 4) is 11.5 Å². The van der Waals surface area contributed by atoms with Gasteiger partial charge in [0.25, 0.3) is 0 Å². The SMILES string of the molecule is O=S(=O)(Cc1ccccc1F)NCc1ccc(-c2ccco2)o1. The number of furan rings is 2. The molecule has 3 aromatic rings. The number of benzene rings is 1. The van der Waals surface area contributed by atoms with Crippen LogP contribution in [0.4, 0.5) is 4.39 Å². The smallest absolute Gasteiger partial charge is 0.216 e. The van der Waals surface area contributed by atoms with E-state index in [0.717, 1.165) is 0 Å². The molecule has 23 heavy (non-hydrogen) atoms. The number of nitrogens with one attached hydrogen (secondary N) is 1. The molecule has 3 rings (SSSR count). The van der Waals surface area contributed by atoms with Crippen LogP contribution in [0.5, 0.6) is 0 Å². The lowest BCUT2D eigenvalue weighted by Crippen LogP contribution is -2.24. The van der Waals surface area contributed by atoms with Gasteiger partial charge in [0.15, 0.2) is 11.5 Å². The summed E-state index contributed by atoms with van der Waals surface area (Å²) in [5.41, 5.74) is 0.121. The molecule has 120 valence electrons. The Hall–Kier alpha value is -2.38. The average Bonchev–Trinajstić information content (AvgIpc) is 3.18. The molecule has 2 aromatic heterocycles. The Labute approximate surface area is 132 Å². The van der Waals surface area contributed by atoms with Gasteiger partial charge in [-0.1, -0.05) is 18.2 Å². The maximum Gasteiger partial charge on any atom is 0.216 e. The fourth-order valence-electron chi connectivity index (χ4n) is 2.08. The molecule has 0 saturated carbocycles. The summed E-state index contributed by atoms with van der Waals surface area (Å²) in [6, 6.07) is 12.6. The monoisotopic (exact) mass is 335 g/mol. The van der Waals surface area contributed by atoms with Crippen LogP contribution in [0.25, 0.3) is 11.5 Å². The molecule has 0 aliphatic carbocycles. The van der Waals surface area contributed by atoms with Crippen molar-refractivity contribution >= 4 is 10.0 Å². The predicted molar refractivity (Wildman–Crippen MR) is 82.3 cm³/mol. The Morgan fingerprint density at radius 3 is 2.57 bits per heavy atom. The number of hydrogen-bond donors (Lipinski definition) is 1. The summed E-state index contributed by atoms with van der Waals surface area (Å²) in [4.78, 5) is 0. The number of hydrogen-bond acceptors (Lipinski definition) is 4. The Bertz CT molecular complexity index is 884. The molecule has 2 heterocycles. The van der Waals surface area contributed by atoms with E-state index in [2.05, 4.69) is 4.72 Å². The first-order valence-corrected chi connectivity index (χ1v) is 8.52. The second-order valence-electron chi connectivity index (χ2n) is 4.91. The Morgan fingerprint density at radius 2 is 1.83 bits per heavy atom. The lowest BCUT2D eigenvalue weighted by Gasteiger charge is -2.06. The van der Waals surface area contributed by atoms with E-state index in [1.54, 1.807) is 30.3 Å². The Kier molecular flexibility index (Phi) is 4.31. The third kappa shape index (κ3) is 3.88. The fourth-order valence-corrected chi connectivity index (χ4v) is 3.18. The van der Waals surface area contributed by atoms with Crippen LogP contribution in [0.2, 0.25) is 0 Å². The highest BCUT2D eigenvalue weighted by molar-refractivity contribution is 7.88. The molecule has 0 amide bonds. The van der Waals surface area contributed by atoms with E-state index in [4.69, 9.17) is 8.83 Å². The topological polar surface area (TPSA) is 72.5 Å². The molecule has 7 heteroatoms. The van der Waals surface area contributed by atoms with Crippen molar-refractivity contribution in [2.24, 2.45) is 0 Å². The van der Waals surface area contributed by atoms with E-state index in [0.29, 0.717) is 17.3 Å². The molecule has 0 aliphatic rings. The molecule has 0 saturated heterocycles. The van der Waals surface area contributed by atoms with Crippen LogP contribution in [0.3, 0.4) is 0 Å². The molecule has 5 nitrogen and oxygen atoms in total. The van der Waals surface area contributed by atoms with Crippen LogP contribution < -0.4 is 4.72 Å². The van der Waals surface area contributed by atoms with Gasteiger partial charge in [0.2, 0.25) is 10.0 Å². The standard InChI is InChI=1S/C16H14FNO4S/c17-14-5-2-1-4-12(14)11-23(19,20)18-10-13-7-8-16(22-13)15-6-3-9-21-15/h1-9,18H,10-11H2. The molecule has 1 aromatic carbocycles. The minimum Gasteiger partial charge on any atom is -0.461 e. The maximum atomic E-state index is 13.5. The lowest BCUT2D eigenvalue weighted by molar-refractivity contribution is 0.485. The van der Waals surface area contributed by atoms with Gasteiger partial charge in [0.1, 0.15) is 11.6 Å². The van der Waals surface area contributed by atoms with Gasteiger partial charge in [0, 0.05) is 5.56 Å². The van der Waals surface area contributed by atoms with Gasteiger partial charge in [-0.05, 0) is 30.3 Å². The van der Waals surface area contributed by atoms with E-state index in [-0.39, 0.29) is 12.1 Å². The van der Waals surface area contributed by atoms with Crippen molar-refractivity contribution in [2.45, 2.75) is 12.3 Å². The van der Waals surface area contributed by atoms with Gasteiger partial charge in [-0.2, -0.15) is 0 Å². The first-order valence-electron chi connectivity index (χ1n) is 6.87. The number of halogens is 1. The minimum absolute atomic E-state index is 0.0164. The van der Waals surface area contributed by atoms with E-state index in [1.807, 2.05) is 0 Å². The molecule has 1 N–H and O–H groups in total. The van der Waals surface area contributed by atoms with Gasteiger partial charge in [-0.15, -0.1) is 0 Å². The Balaban J connectivity index is 1.64. The summed E-state index contributed by atoms with van der Waals surface area (Å²) >= 11 is 0. The summed E-state index contributed by atoms with van der Waals surface area (Å²) in [7, 11) is -3.67. The molecular formula is C16H14FNO4S. The zero-order valence-electron chi connectivity index (χ0n) is 12.0. The normalized spacial score (nSPS) is 11.7. The minimum atomic E-state index is -3.67. The Morgan fingerprint density at radius 1 is 1.00 bits per heavy atom. The van der Waals surface area contributed by atoms with Crippen molar-refractivity contribution in [3.63, 3.8) is 0 Å². The largest absolute Gasteiger partial charge is 0.461 e. The van der Waals surface area contributed by atoms with Crippen LogP contribution in [0.15, 0.2) is 63.6 Å². The molecule has 0 fully saturated rings. The van der Waals surface area contributed by atoms with Crippen LogP contribution in [0, 0.1) is 5.82 Å². The van der Waals surface area contributed by atoms with Crippen molar-refractivity contribution < 1.29 is 21.6 Å². The van der Waals surface area contributed by atoms with E-state index in [1.165, 1.54) is 24.5 Å². The van der Waals surface area contributed by atoms with Crippen LogP contribution in [-0.4, -0.2) is 8.42 Å². The van der Waals surface area contributed by atoms with Crippen molar-refractivity contribution in [2.75, 3.05) is 0 Å². The second kappa shape index (κ2) is 6.39. The molecular weight excluding hydrogens is 321 g/mol. The molecule has 0 radical (unpaired) electrons. The summed E-state index contributed by atoms with van der Waals surface area (Å²) in [6.45, 7) is -0.0164. The molecule has 0 spiro atoms. The van der Waals surface area contributed by atoms with Gasteiger partial charge >= 0.3 is 0 Å². The third-order valence-corrected chi connectivity index (χ3v) is 4.47. The lowest BCUT2D eigenvalue weighted by atomic mass is 10.2. The summed E-state index contributed by atoms with van der Waals surface area (Å²) in [5, 5.41) is 0. The molecule has 0 bridgehead atoms. The van der Waals surface area contributed by atoms with Crippen molar-refractivity contribution in [1.82, 2.24) is 4.72 Å². The van der Waals surface area contributed by atoms with Gasteiger partial charge in [-0.25, -0.2) is 17.5 Å². The quantitative estimate of drug-likeness (QED) is 0.750. The number of sulfonamides is 1. The van der Waals surface area contributed by atoms with Gasteiger partial charge < -0.3 is 8.83 Å². The zero-order chi connectivity index (χ0) is 16.3. The van der Waals surface area contributed by atoms with E-state index < -0.39 is 21.6 Å². The summed E-state index contributed by atoms with van der Waals surface area (Å²) in [5.74, 6) is 0.541. The molecule has 0 unspecified atom stereocenters. The molecule has 0 atom stereocenters. The first-order chi connectivity index (χ1) is 11.0. The number of rotatable bonds is 6. The summed E-state index contributed by atoms with van der Waals surface area (Å²) in [6.07, 6.45) is 1.52. The predicted octanol–water partition coefficient (Wildman–Crippen LogP) is 3.30. The molecule has 0 aliphatic heterocycles. The van der Waals surface area contributed by atoms with E-state index in [9.17, 15) is 12.8 Å². The summed E-state index contributed by atoms with van der Waals surface area (Å²) < 4.78 is 50.7. The highest BCUT2D eigenvalue weighted by Gasteiger charge is 2.15. The highest BCUT2D eigenvalue weighted by Crippen LogP contribution is 2.22. The first kappa shape index (κ1) is 15.5. The fraction of sp³-hybridized carbons (Fsp3) is 0.125. The maximum absolute atomic E-state index is 13.5. The van der Waals surface area contributed by atoms with Gasteiger partial charge in [-0.3, -0.25) is 0 Å². The van der Waals surface area contributed by atoms with Crippen molar-refractivity contribution in [1.29, 1.82) is 0 Å². The highest BCUT2D eigenvalue weighted by atomic mass is 32.2. The third-order valence-electron chi connectivity index (χ3n) is 3.20.